The van der Waals surface area contributed by atoms with Gasteiger partial charge in [-0.25, -0.2) is 0 Å². The molecule has 2 aromatic carbocycles. The van der Waals surface area contributed by atoms with Crippen LogP contribution in [0.2, 0.25) is 0 Å². The van der Waals surface area contributed by atoms with E-state index in [1.54, 1.807) is 6.92 Å². The molecule has 118 valence electrons. The average molecular weight is 306 g/mol. The lowest BCUT2D eigenvalue weighted by atomic mass is 9.88. The molecule has 1 fully saturated rings. The van der Waals surface area contributed by atoms with Crippen molar-refractivity contribution in [2.45, 2.75) is 44.7 Å². The van der Waals surface area contributed by atoms with Crippen molar-refractivity contribution in [3.05, 3.63) is 65.7 Å². The van der Waals surface area contributed by atoms with Crippen LogP contribution in [0.5, 0.6) is 0 Å². The summed E-state index contributed by atoms with van der Waals surface area (Å²) in [6, 6.07) is 20.1. The fraction of sp³-hybridized carbons (Fsp3) is 0.381. The first-order chi connectivity index (χ1) is 11.2. The minimum atomic E-state index is 0.0653. The highest BCUT2D eigenvalue weighted by Gasteiger charge is 2.51. The smallest absolute Gasteiger partial charge is 0.143 e. The molecule has 1 aliphatic carbocycles. The van der Waals surface area contributed by atoms with Gasteiger partial charge in [-0.2, -0.15) is 0 Å². The number of benzene rings is 2. The number of carbonyl (C=O) groups is 1. The monoisotopic (exact) mass is 306 g/mol. The normalized spacial score (nSPS) is 26.6. The average Bonchev–Trinajstić information content (AvgIpc) is 2.82. The quantitative estimate of drug-likeness (QED) is 0.764. The molecule has 1 aliphatic heterocycles. The zero-order valence-corrected chi connectivity index (χ0v) is 13.7. The van der Waals surface area contributed by atoms with E-state index in [9.17, 15) is 4.79 Å². The molecule has 0 radical (unpaired) electrons. The van der Waals surface area contributed by atoms with E-state index in [0.717, 1.165) is 17.6 Å². The summed E-state index contributed by atoms with van der Waals surface area (Å²) >= 11 is 0. The fourth-order valence-electron chi connectivity index (χ4n) is 4.47. The molecule has 2 aromatic rings. The van der Waals surface area contributed by atoms with Gasteiger partial charge >= 0.3 is 0 Å². The molecule has 0 amide bonds. The lowest BCUT2D eigenvalue weighted by molar-refractivity contribution is -0.118. The third-order valence-electron chi connectivity index (χ3n) is 5.87. The molecule has 0 saturated heterocycles. The summed E-state index contributed by atoms with van der Waals surface area (Å²) in [6.45, 7) is 3.70. The number of hydrogen-bond donors (Lipinski definition) is 0. The summed E-state index contributed by atoms with van der Waals surface area (Å²) in [5, 5.41) is 0. The van der Waals surface area contributed by atoms with Crippen molar-refractivity contribution >= 4 is 11.5 Å². The van der Waals surface area contributed by atoms with E-state index in [-0.39, 0.29) is 5.92 Å². The minimum Gasteiger partial charge on any atom is -0.299 e. The zero-order valence-electron chi connectivity index (χ0n) is 13.7. The minimum absolute atomic E-state index is 0.0653. The Bertz CT molecular complexity index is 720. The van der Waals surface area contributed by atoms with Crippen LogP contribution in [-0.2, 0) is 11.3 Å². The fourth-order valence-corrected chi connectivity index (χ4v) is 4.47. The Balaban J connectivity index is 1.82. The first kappa shape index (κ1) is 14.6. The van der Waals surface area contributed by atoms with Gasteiger partial charge in [0.2, 0.25) is 0 Å². The van der Waals surface area contributed by atoms with E-state index >= 15 is 0 Å². The van der Waals surface area contributed by atoms with Gasteiger partial charge in [0, 0.05) is 24.0 Å². The number of fused-ring (bicyclic) bond motifs is 1. The molecule has 2 heteroatoms. The standard InChI is InChI=1S/C21H24NO/c1-16(23)20-15-22(18-10-7-11-18,14-17-8-3-2-4-9-17)21-13-6-5-12-19(20)21/h2-6,8-9,12-13,18,20H,7,10-11,14-15H2,1H3/q+1. The summed E-state index contributed by atoms with van der Waals surface area (Å²) < 4.78 is 0.977. The second-order valence-corrected chi connectivity index (χ2v) is 7.17. The van der Waals surface area contributed by atoms with Crippen LogP contribution in [0.1, 0.15) is 43.2 Å². The van der Waals surface area contributed by atoms with E-state index in [0.29, 0.717) is 11.8 Å². The van der Waals surface area contributed by atoms with Gasteiger partial charge in [-0.15, -0.1) is 0 Å². The third-order valence-corrected chi connectivity index (χ3v) is 5.87. The lowest BCUT2D eigenvalue weighted by Crippen LogP contribution is -2.58. The van der Waals surface area contributed by atoms with E-state index < -0.39 is 0 Å². The topological polar surface area (TPSA) is 17.1 Å². The molecule has 4 rings (SSSR count). The molecule has 23 heavy (non-hydrogen) atoms. The second kappa shape index (κ2) is 5.61. The molecule has 1 saturated carbocycles. The van der Waals surface area contributed by atoms with E-state index in [1.807, 2.05) is 0 Å². The summed E-state index contributed by atoms with van der Waals surface area (Å²) in [6.07, 6.45) is 3.89. The molecule has 0 N–H and O–H groups in total. The summed E-state index contributed by atoms with van der Waals surface area (Å²) in [5.41, 5.74) is 4.03. The Morgan fingerprint density at radius 3 is 2.39 bits per heavy atom. The molecular formula is C21H24NO+. The van der Waals surface area contributed by atoms with Crippen LogP contribution < -0.4 is 4.48 Å². The molecule has 2 nitrogen and oxygen atoms in total. The molecule has 2 aliphatic rings. The van der Waals surface area contributed by atoms with E-state index in [2.05, 4.69) is 54.6 Å². The predicted molar refractivity (Wildman–Crippen MR) is 94.3 cm³/mol. The maximum Gasteiger partial charge on any atom is 0.143 e. The number of ketones is 1. The van der Waals surface area contributed by atoms with E-state index in [4.69, 9.17) is 0 Å². The summed E-state index contributed by atoms with van der Waals surface area (Å²) in [7, 11) is 0. The Morgan fingerprint density at radius 2 is 1.74 bits per heavy atom. The summed E-state index contributed by atoms with van der Waals surface area (Å²) in [4.78, 5) is 12.3. The molecule has 0 aromatic heterocycles. The van der Waals surface area contributed by atoms with Crippen LogP contribution in [0.25, 0.3) is 0 Å². The van der Waals surface area contributed by atoms with Crippen molar-refractivity contribution in [2.24, 2.45) is 0 Å². The van der Waals surface area contributed by atoms with Crippen molar-refractivity contribution in [1.29, 1.82) is 0 Å². The van der Waals surface area contributed by atoms with Crippen molar-refractivity contribution < 1.29 is 4.79 Å². The maximum atomic E-state index is 12.3. The molecule has 1 heterocycles. The van der Waals surface area contributed by atoms with Gasteiger partial charge < -0.3 is 0 Å². The predicted octanol–water partition coefficient (Wildman–Crippen LogP) is 4.43. The number of para-hydroxylation sites is 1. The molecule has 2 unspecified atom stereocenters. The number of rotatable bonds is 4. The van der Waals surface area contributed by atoms with Gasteiger partial charge in [0.15, 0.2) is 0 Å². The van der Waals surface area contributed by atoms with Crippen LogP contribution in [0.3, 0.4) is 0 Å². The van der Waals surface area contributed by atoms with Crippen LogP contribution in [0, 0.1) is 0 Å². The lowest BCUT2D eigenvalue weighted by Gasteiger charge is -2.46. The molecule has 0 spiro atoms. The van der Waals surface area contributed by atoms with Gasteiger partial charge in [-0.3, -0.25) is 9.28 Å². The maximum absolute atomic E-state index is 12.3. The third kappa shape index (κ3) is 2.33. The molecule has 2 atom stereocenters. The van der Waals surface area contributed by atoms with Crippen molar-refractivity contribution in [1.82, 2.24) is 4.48 Å². The van der Waals surface area contributed by atoms with Gasteiger partial charge in [0.25, 0.3) is 0 Å². The second-order valence-electron chi connectivity index (χ2n) is 7.17. The van der Waals surface area contributed by atoms with Gasteiger partial charge in [-0.05, 0) is 19.4 Å². The number of Topliss-reactive ketones (excluding diaryl/α,β-unsaturated/α-hetero) is 1. The Kier molecular flexibility index (Phi) is 3.57. The summed E-state index contributed by atoms with van der Waals surface area (Å²) in [5.74, 6) is 0.375. The highest BCUT2D eigenvalue weighted by Crippen LogP contribution is 2.48. The first-order valence-electron chi connectivity index (χ1n) is 8.71. The number of hydrogen-bond acceptors (Lipinski definition) is 1. The van der Waals surface area contributed by atoms with Crippen LogP contribution in [-0.4, -0.2) is 18.4 Å². The van der Waals surface area contributed by atoms with E-state index in [1.165, 1.54) is 36.1 Å². The Hall–Kier alpha value is -1.93. The van der Waals surface area contributed by atoms with Gasteiger partial charge in [-0.1, -0.05) is 48.5 Å². The largest absolute Gasteiger partial charge is 0.299 e. The van der Waals surface area contributed by atoms with Crippen molar-refractivity contribution in [3.8, 4) is 0 Å². The zero-order chi connectivity index (χ0) is 15.9. The Labute approximate surface area is 138 Å². The first-order valence-corrected chi connectivity index (χ1v) is 8.71. The Morgan fingerprint density at radius 1 is 1.04 bits per heavy atom. The highest BCUT2D eigenvalue weighted by molar-refractivity contribution is 5.87. The SMILES string of the molecule is CC(=O)C1C[N+](Cc2ccccc2)(C2CCC2)c2ccccc21. The highest BCUT2D eigenvalue weighted by atomic mass is 16.1. The van der Waals surface area contributed by atoms with Gasteiger partial charge in [0.1, 0.15) is 18.0 Å². The number of nitrogens with zero attached hydrogens (tertiary/aromatic N) is 1. The van der Waals surface area contributed by atoms with Crippen LogP contribution in [0.15, 0.2) is 54.6 Å². The number of carbonyl (C=O) groups excluding carboxylic acids is 1. The molecule has 0 bridgehead atoms. The van der Waals surface area contributed by atoms with Crippen molar-refractivity contribution in [3.63, 3.8) is 0 Å². The molecular weight excluding hydrogens is 282 g/mol. The van der Waals surface area contributed by atoms with Crippen LogP contribution >= 0.6 is 0 Å². The number of quaternary nitrogens is 1. The van der Waals surface area contributed by atoms with Crippen LogP contribution in [0.4, 0.5) is 5.69 Å². The van der Waals surface area contributed by atoms with Crippen molar-refractivity contribution in [2.75, 3.05) is 6.54 Å². The van der Waals surface area contributed by atoms with Gasteiger partial charge in [0.05, 0.1) is 18.5 Å².